The van der Waals surface area contributed by atoms with Gasteiger partial charge in [0, 0.05) is 26.2 Å². The number of aliphatic hydroxyl groups is 1. The fraction of sp³-hybridized carbons (Fsp3) is 0.889. The molecule has 1 amide bonds. The van der Waals surface area contributed by atoms with E-state index in [0.717, 1.165) is 6.54 Å². The Labute approximate surface area is 84.0 Å². The molecular formula is C9H18N2O3. The topological polar surface area (TPSA) is 61.8 Å². The Kier molecular flexibility index (Phi) is 4.31. The molecule has 0 spiro atoms. The minimum absolute atomic E-state index is 0.0950. The van der Waals surface area contributed by atoms with Crippen LogP contribution in [0.5, 0.6) is 0 Å². The SMILES string of the molecule is COCCN1CC(C)NC(=O)C1CO. The van der Waals surface area contributed by atoms with Crippen LogP contribution in [0.1, 0.15) is 6.92 Å². The number of ether oxygens (including phenoxy) is 1. The van der Waals surface area contributed by atoms with Crippen molar-refractivity contribution in [2.24, 2.45) is 0 Å². The van der Waals surface area contributed by atoms with Crippen LogP contribution in [0.3, 0.4) is 0 Å². The minimum atomic E-state index is -0.415. The maximum atomic E-state index is 11.5. The van der Waals surface area contributed by atoms with E-state index in [4.69, 9.17) is 9.84 Å². The van der Waals surface area contributed by atoms with Gasteiger partial charge in [-0.25, -0.2) is 0 Å². The van der Waals surface area contributed by atoms with Crippen molar-refractivity contribution in [3.63, 3.8) is 0 Å². The Morgan fingerprint density at radius 2 is 2.43 bits per heavy atom. The summed E-state index contributed by atoms with van der Waals surface area (Å²) < 4.78 is 4.95. The number of nitrogens with one attached hydrogen (secondary N) is 1. The summed E-state index contributed by atoms with van der Waals surface area (Å²) in [7, 11) is 1.63. The summed E-state index contributed by atoms with van der Waals surface area (Å²) in [5.74, 6) is -0.0950. The first-order chi connectivity index (χ1) is 6.69. The van der Waals surface area contributed by atoms with E-state index < -0.39 is 6.04 Å². The Morgan fingerprint density at radius 1 is 1.71 bits per heavy atom. The summed E-state index contributed by atoms with van der Waals surface area (Å²) >= 11 is 0. The molecule has 1 heterocycles. The highest BCUT2D eigenvalue weighted by molar-refractivity contribution is 5.82. The third-order valence-electron chi connectivity index (χ3n) is 2.40. The first kappa shape index (κ1) is 11.4. The van der Waals surface area contributed by atoms with Crippen LogP contribution < -0.4 is 5.32 Å². The second-order valence-corrected chi connectivity index (χ2v) is 3.60. The Hall–Kier alpha value is -0.650. The highest BCUT2D eigenvalue weighted by Crippen LogP contribution is 2.07. The largest absolute Gasteiger partial charge is 0.394 e. The molecule has 14 heavy (non-hydrogen) atoms. The molecule has 1 aliphatic rings. The number of amides is 1. The maximum Gasteiger partial charge on any atom is 0.239 e. The van der Waals surface area contributed by atoms with Crippen molar-refractivity contribution < 1.29 is 14.6 Å². The van der Waals surface area contributed by atoms with Gasteiger partial charge in [0.15, 0.2) is 0 Å². The second kappa shape index (κ2) is 5.29. The van der Waals surface area contributed by atoms with E-state index in [-0.39, 0.29) is 18.6 Å². The highest BCUT2D eigenvalue weighted by atomic mass is 16.5. The average Bonchev–Trinajstić information content (AvgIpc) is 2.14. The lowest BCUT2D eigenvalue weighted by molar-refractivity contribution is -0.132. The Balaban J connectivity index is 2.53. The maximum absolute atomic E-state index is 11.5. The summed E-state index contributed by atoms with van der Waals surface area (Å²) in [6.07, 6.45) is 0. The smallest absolute Gasteiger partial charge is 0.239 e. The zero-order valence-electron chi connectivity index (χ0n) is 8.69. The second-order valence-electron chi connectivity index (χ2n) is 3.60. The first-order valence-corrected chi connectivity index (χ1v) is 4.83. The van der Waals surface area contributed by atoms with E-state index in [1.54, 1.807) is 7.11 Å². The average molecular weight is 202 g/mol. The van der Waals surface area contributed by atoms with Crippen molar-refractivity contribution in [2.75, 3.05) is 33.4 Å². The molecule has 2 atom stereocenters. The molecule has 5 nitrogen and oxygen atoms in total. The first-order valence-electron chi connectivity index (χ1n) is 4.83. The van der Waals surface area contributed by atoms with Crippen LogP contribution in [-0.2, 0) is 9.53 Å². The molecule has 5 heteroatoms. The highest BCUT2D eigenvalue weighted by Gasteiger charge is 2.31. The van der Waals surface area contributed by atoms with E-state index >= 15 is 0 Å². The fourth-order valence-corrected chi connectivity index (χ4v) is 1.68. The van der Waals surface area contributed by atoms with E-state index in [2.05, 4.69) is 5.32 Å². The van der Waals surface area contributed by atoms with E-state index in [1.165, 1.54) is 0 Å². The molecule has 0 aliphatic carbocycles. The summed E-state index contributed by atoms with van der Waals surface area (Å²) in [6.45, 7) is 3.84. The van der Waals surface area contributed by atoms with Gasteiger partial charge < -0.3 is 15.2 Å². The molecule has 1 rings (SSSR count). The molecule has 0 aromatic rings. The van der Waals surface area contributed by atoms with Gasteiger partial charge in [-0.15, -0.1) is 0 Å². The van der Waals surface area contributed by atoms with Gasteiger partial charge in [0.05, 0.1) is 13.2 Å². The zero-order valence-corrected chi connectivity index (χ0v) is 8.69. The van der Waals surface area contributed by atoms with Gasteiger partial charge >= 0.3 is 0 Å². The molecule has 0 aromatic heterocycles. The number of carbonyl (C=O) groups is 1. The van der Waals surface area contributed by atoms with Crippen LogP contribution in [-0.4, -0.2) is 61.4 Å². The number of piperazine rings is 1. The van der Waals surface area contributed by atoms with Crippen LogP contribution in [0.2, 0.25) is 0 Å². The number of carbonyl (C=O) groups excluding carboxylic acids is 1. The van der Waals surface area contributed by atoms with E-state index in [9.17, 15) is 4.79 Å². The fourth-order valence-electron chi connectivity index (χ4n) is 1.68. The van der Waals surface area contributed by atoms with Gasteiger partial charge in [-0.1, -0.05) is 0 Å². The molecule has 2 unspecified atom stereocenters. The lowest BCUT2D eigenvalue weighted by Crippen LogP contribution is -2.60. The number of methoxy groups -OCH3 is 1. The van der Waals surface area contributed by atoms with Gasteiger partial charge in [-0.05, 0) is 6.92 Å². The molecular weight excluding hydrogens is 184 g/mol. The summed E-state index contributed by atoms with van der Waals surface area (Å²) in [4.78, 5) is 13.4. The van der Waals surface area contributed by atoms with Gasteiger partial charge in [0.1, 0.15) is 6.04 Å². The predicted molar refractivity (Wildman–Crippen MR) is 51.9 cm³/mol. The van der Waals surface area contributed by atoms with Crippen LogP contribution in [0, 0.1) is 0 Å². The third kappa shape index (κ3) is 2.67. The van der Waals surface area contributed by atoms with Crippen molar-refractivity contribution >= 4 is 5.91 Å². The normalized spacial score (nSPS) is 28.9. The van der Waals surface area contributed by atoms with Crippen molar-refractivity contribution in [3.8, 4) is 0 Å². The summed E-state index contributed by atoms with van der Waals surface area (Å²) in [5, 5.41) is 11.9. The predicted octanol–water partition coefficient (Wildman–Crippen LogP) is -1.19. The van der Waals surface area contributed by atoms with Crippen molar-refractivity contribution in [2.45, 2.75) is 19.0 Å². The molecule has 0 radical (unpaired) electrons. The third-order valence-corrected chi connectivity index (χ3v) is 2.40. The molecule has 0 saturated carbocycles. The molecule has 1 fully saturated rings. The van der Waals surface area contributed by atoms with Gasteiger partial charge in [-0.2, -0.15) is 0 Å². The number of hydrogen-bond acceptors (Lipinski definition) is 4. The lowest BCUT2D eigenvalue weighted by atomic mass is 10.1. The van der Waals surface area contributed by atoms with Crippen LogP contribution >= 0.6 is 0 Å². The zero-order chi connectivity index (χ0) is 10.6. The lowest BCUT2D eigenvalue weighted by Gasteiger charge is -2.37. The monoisotopic (exact) mass is 202 g/mol. The quantitative estimate of drug-likeness (QED) is 0.602. The van der Waals surface area contributed by atoms with Gasteiger partial charge in [-0.3, -0.25) is 9.69 Å². The van der Waals surface area contributed by atoms with Crippen LogP contribution in [0.15, 0.2) is 0 Å². The minimum Gasteiger partial charge on any atom is -0.394 e. The molecule has 0 aromatic carbocycles. The Bertz CT molecular complexity index is 198. The van der Waals surface area contributed by atoms with Crippen molar-refractivity contribution in [1.82, 2.24) is 10.2 Å². The van der Waals surface area contributed by atoms with Crippen LogP contribution in [0.4, 0.5) is 0 Å². The number of aliphatic hydroxyl groups excluding tert-OH is 1. The standard InChI is InChI=1S/C9H18N2O3/c1-7-5-11(3-4-14-2)8(6-12)9(13)10-7/h7-8,12H,3-6H2,1-2H3,(H,10,13). The number of hydrogen-bond donors (Lipinski definition) is 2. The molecule has 1 aliphatic heterocycles. The van der Waals surface area contributed by atoms with Gasteiger partial charge in [0.25, 0.3) is 0 Å². The summed E-state index contributed by atoms with van der Waals surface area (Å²) in [6, 6.07) is -0.275. The van der Waals surface area contributed by atoms with E-state index in [0.29, 0.717) is 13.2 Å². The summed E-state index contributed by atoms with van der Waals surface area (Å²) in [5.41, 5.74) is 0. The molecule has 1 saturated heterocycles. The van der Waals surface area contributed by atoms with Crippen molar-refractivity contribution in [1.29, 1.82) is 0 Å². The molecule has 0 bridgehead atoms. The van der Waals surface area contributed by atoms with Crippen LogP contribution in [0.25, 0.3) is 0 Å². The molecule has 82 valence electrons. The van der Waals surface area contributed by atoms with E-state index in [1.807, 2.05) is 11.8 Å². The Morgan fingerprint density at radius 3 is 3.00 bits per heavy atom. The van der Waals surface area contributed by atoms with Gasteiger partial charge in [0.2, 0.25) is 5.91 Å². The molecule has 2 N–H and O–H groups in total. The van der Waals surface area contributed by atoms with Crippen molar-refractivity contribution in [3.05, 3.63) is 0 Å². The number of rotatable bonds is 4. The number of nitrogens with zero attached hydrogens (tertiary/aromatic N) is 1.